The van der Waals surface area contributed by atoms with Crippen LogP contribution in [0, 0.1) is 12.7 Å². The van der Waals surface area contributed by atoms with Crippen LogP contribution < -0.4 is 4.64 Å². The molecule has 2 heteroatoms. The van der Waals surface area contributed by atoms with Gasteiger partial charge in [0.2, 0.25) is 0 Å². The van der Waals surface area contributed by atoms with E-state index in [2.05, 4.69) is 10.8 Å². The third-order valence-electron chi connectivity index (χ3n) is 1.87. The summed E-state index contributed by atoms with van der Waals surface area (Å²) in [6.45, 7) is 0. The first kappa shape index (κ1) is 7.46. The molecule has 0 aromatic rings. The van der Waals surface area contributed by atoms with Crippen LogP contribution in [0.1, 0.15) is 32.1 Å². The van der Waals surface area contributed by atoms with Gasteiger partial charge in [-0.3, -0.25) is 0 Å². The SMILES string of the molecule is [CH3][Am][NH]C1CCCCC1. The molecule has 0 radical (unpaired) electrons. The fourth-order valence-electron chi connectivity index (χ4n) is 1.37. The second-order valence-electron chi connectivity index (χ2n) is 2.63. The predicted octanol–water partition coefficient (Wildman–Crippen LogP) is 1.96. The first-order chi connectivity index (χ1) is 4.43. The summed E-state index contributed by atoms with van der Waals surface area (Å²) in [4.78, 5) is 0. The van der Waals surface area contributed by atoms with Crippen LogP contribution in [-0.4, -0.2) is 6.04 Å². The molecule has 1 fully saturated rings. The molecule has 9 heavy (non-hydrogen) atoms. The molecular weight excluding hydrogens is 341 g/mol. The molecule has 0 amide bonds. The third-order valence-corrected chi connectivity index (χ3v) is 4.06. The summed E-state index contributed by atoms with van der Waals surface area (Å²) < 4.78 is 3.66. The Bertz CT molecular complexity index is 66.6. The van der Waals surface area contributed by atoms with Crippen LogP contribution in [-0.2, 0) is 0 Å². The van der Waals surface area contributed by atoms with Gasteiger partial charge in [-0.15, -0.1) is 0 Å². The maximum atomic E-state index is 3.66. The van der Waals surface area contributed by atoms with E-state index in [4.69, 9.17) is 0 Å². The van der Waals surface area contributed by atoms with Crippen LogP contribution in [0.2, 0.25) is 6.16 Å². The Morgan fingerprint density at radius 3 is 2.44 bits per heavy atom. The zero-order valence-corrected chi connectivity index (χ0v) is 9.14. The van der Waals surface area contributed by atoms with Crippen molar-refractivity contribution in [3.05, 3.63) is 0 Å². The molecule has 1 aliphatic carbocycles. The van der Waals surface area contributed by atoms with Gasteiger partial charge in [0.05, 0.1) is 0 Å². The first-order valence-corrected chi connectivity index (χ1v) is 8.39. The van der Waals surface area contributed by atoms with Crippen LogP contribution >= 0.6 is 0 Å². The molecule has 1 saturated carbocycles. The Kier molecular flexibility index (Phi) is 3.49. The molecule has 0 aliphatic heterocycles. The topological polar surface area (TPSA) is 12.0 Å². The van der Waals surface area contributed by atoms with Gasteiger partial charge in [-0.05, 0) is 0 Å². The average molecular weight is 356 g/mol. The molecule has 1 aliphatic rings. The summed E-state index contributed by atoms with van der Waals surface area (Å²) in [5.74, 6) is 0. The zero-order valence-electron chi connectivity index (χ0n) is 5.99. The van der Waals surface area contributed by atoms with Crippen molar-refractivity contribution < 1.29 is 12.7 Å². The van der Waals surface area contributed by atoms with Crippen molar-refractivity contribution in [2.75, 3.05) is 0 Å². The molecule has 0 bridgehead atoms. The fourth-order valence-corrected chi connectivity index (χ4v) is 3.56. The van der Waals surface area contributed by atoms with Crippen molar-refractivity contribution in [2.24, 2.45) is 0 Å². The minimum atomic E-state index is -0.174. The van der Waals surface area contributed by atoms with Crippen LogP contribution in [0.3, 0.4) is 0 Å². The standard InChI is InChI=1S/C6H12N.CH3.Am/c7-6-4-2-1-3-5-6;;/h6-7H,1-5H2;1H3;/q-1;;+1. The van der Waals surface area contributed by atoms with Crippen LogP contribution in [0.4, 0.5) is 0 Å². The van der Waals surface area contributed by atoms with Gasteiger partial charge >= 0.3 is 61.6 Å². The summed E-state index contributed by atoms with van der Waals surface area (Å²) in [7, 11) is 0. The predicted molar refractivity (Wildman–Crippen MR) is 35.9 cm³/mol. The molecule has 55 valence electrons. The quantitative estimate of drug-likeness (QED) is 0.798. The van der Waals surface area contributed by atoms with E-state index in [1.54, 1.807) is 0 Å². The van der Waals surface area contributed by atoms with Gasteiger partial charge in [0, 0.05) is 0 Å². The third kappa shape index (κ3) is 2.61. The Labute approximate surface area is 62.2 Å². The second kappa shape index (κ2) is 4.21. The van der Waals surface area contributed by atoms with E-state index < -0.39 is 0 Å². The van der Waals surface area contributed by atoms with Gasteiger partial charge in [-0.25, -0.2) is 0 Å². The molecule has 1 nitrogen and oxygen atoms in total. The van der Waals surface area contributed by atoms with Crippen molar-refractivity contribution in [2.45, 2.75) is 44.3 Å². The van der Waals surface area contributed by atoms with E-state index in [1.807, 2.05) is 0 Å². The monoisotopic (exact) mass is 354 g/mol. The molecular formula is C7H15AmN. The van der Waals surface area contributed by atoms with Crippen molar-refractivity contribution in [3.63, 3.8) is 0 Å². The zero-order chi connectivity index (χ0) is 6.53. The van der Waals surface area contributed by atoms with Crippen molar-refractivity contribution in [1.82, 2.24) is 4.64 Å². The summed E-state index contributed by atoms with van der Waals surface area (Å²) in [6.07, 6.45) is 9.70. The van der Waals surface area contributed by atoms with Gasteiger partial charge in [-0.2, -0.15) is 0 Å². The summed E-state index contributed by atoms with van der Waals surface area (Å²) in [5.41, 5.74) is 0. The van der Waals surface area contributed by atoms with Crippen LogP contribution in [0.25, 0.3) is 0 Å². The van der Waals surface area contributed by atoms with Gasteiger partial charge in [-0.1, -0.05) is 0 Å². The van der Waals surface area contributed by atoms with E-state index in [1.165, 1.54) is 32.1 Å². The number of rotatable bonds is 2. The van der Waals surface area contributed by atoms with Gasteiger partial charge < -0.3 is 0 Å². The molecule has 0 aromatic carbocycles. The summed E-state index contributed by atoms with van der Waals surface area (Å²) >= 11 is -0.174. The summed E-state index contributed by atoms with van der Waals surface area (Å²) in [5, 5.41) is 0. The van der Waals surface area contributed by atoms with Crippen molar-refractivity contribution in [1.29, 1.82) is 0 Å². The van der Waals surface area contributed by atoms with E-state index in [0.29, 0.717) is 0 Å². The van der Waals surface area contributed by atoms with Crippen molar-refractivity contribution >= 4 is 0 Å². The average Bonchev–Trinajstić information content (AvgIpc) is 1.91. The number of nitrogens with one attached hydrogen (secondary N) is 1. The summed E-state index contributed by atoms with van der Waals surface area (Å²) in [6, 6.07) is 0.930. The van der Waals surface area contributed by atoms with E-state index in [9.17, 15) is 0 Å². The van der Waals surface area contributed by atoms with Gasteiger partial charge in [0.25, 0.3) is 0 Å². The molecule has 0 heterocycles. The van der Waals surface area contributed by atoms with Crippen LogP contribution in [0.15, 0.2) is 0 Å². The Morgan fingerprint density at radius 2 is 1.89 bits per heavy atom. The Balaban J connectivity index is 2.08. The number of hydrogen-bond donors (Lipinski definition) is 1. The molecule has 1 rings (SSSR count). The van der Waals surface area contributed by atoms with E-state index in [-0.39, 0.29) is 12.7 Å². The molecule has 0 atom stereocenters. The van der Waals surface area contributed by atoms with Gasteiger partial charge in [0.1, 0.15) is 0 Å². The molecule has 0 spiro atoms. The normalized spacial score (nSPS) is 21.4. The van der Waals surface area contributed by atoms with E-state index in [0.717, 1.165) is 6.04 Å². The van der Waals surface area contributed by atoms with E-state index >= 15 is 0 Å². The maximum absolute atomic E-state index is 3.66. The molecule has 0 saturated heterocycles. The minimum absolute atomic E-state index is 0.174. The Morgan fingerprint density at radius 1 is 1.22 bits per heavy atom. The molecule has 1 N–H and O–H groups in total. The van der Waals surface area contributed by atoms with Crippen molar-refractivity contribution in [3.8, 4) is 0 Å². The first-order valence-electron chi connectivity index (χ1n) is 3.67. The molecule has 0 aromatic heterocycles. The molecule has 0 unspecified atom stereocenters. The number of hydrogen-bond acceptors (Lipinski definition) is 1. The fraction of sp³-hybridized carbons (Fsp3) is 1.00. The Hall–Kier alpha value is 0.350. The van der Waals surface area contributed by atoms with Crippen LogP contribution in [0.5, 0.6) is 0 Å². The second-order valence-corrected chi connectivity index (χ2v) is 5.12. The van der Waals surface area contributed by atoms with Gasteiger partial charge in [0.15, 0.2) is 0 Å².